The summed E-state index contributed by atoms with van der Waals surface area (Å²) in [5.74, 6) is 4.74. The first-order valence-electron chi connectivity index (χ1n) is 13.4. The van der Waals surface area contributed by atoms with Crippen LogP contribution in [0.5, 0.6) is 11.5 Å². The average Bonchev–Trinajstić information content (AvgIpc) is 2.72. The third-order valence-electron chi connectivity index (χ3n) is 8.04. The minimum Gasteiger partial charge on any atom is -0.496 e. The van der Waals surface area contributed by atoms with Crippen LogP contribution in [0.3, 0.4) is 0 Å². The van der Waals surface area contributed by atoms with Crippen molar-refractivity contribution < 1.29 is 9.47 Å². The second kappa shape index (κ2) is 12.3. The molecule has 1 aliphatic heterocycles. The van der Waals surface area contributed by atoms with Gasteiger partial charge in [-0.2, -0.15) is 0 Å². The van der Waals surface area contributed by atoms with Crippen molar-refractivity contribution in [2.24, 2.45) is 17.8 Å². The molecule has 0 aromatic heterocycles. The number of hydrogen-bond donors (Lipinski definition) is 0. The van der Waals surface area contributed by atoms with Gasteiger partial charge in [0.2, 0.25) is 0 Å². The molecule has 0 unspecified atom stereocenters. The van der Waals surface area contributed by atoms with E-state index in [-0.39, 0.29) is 5.60 Å². The standard InChI is InChI=1S/C30H52O2/c1-21(2)13-10-14-22(3)15-11-16-23(4)17-12-19-30(8)20-18-27-26(7)28(31-9)24(5)25(6)29(27)32-30/h21-23H,10-20H2,1-9H3/t22-,23-,30+/m1/s1. The summed E-state index contributed by atoms with van der Waals surface area (Å²) in [5.41, 5.74) is 5.07. The van der Waals surface area contributed by atoms with Crippen molar-refractivity contribution in [3.05, 3.63) is 22.3 Å². The van der Waals surface area contributed by atoms with Gasteiger partial charge in [-0.1, -0.05) is 72.6 Å². The third kappa shape index (κ3) is 7.42. The highest BCUT2D eigenvalue weighted by atomic mass is 16.5. The van der Waals surface area contributed by atoms with Gasteiger partial charge in [0.05, 0.1) is 7.11 Å². The first-order valence-corrected chi connectivity index (χ1v) is 13.4. The predicted octanol–water partition coefficient (Wildman–Crippen LogP) is 9.14. The van der Waals surface area contributed by atoms with E-state index in [1.54, 1.807) is 7.11 Å². The Morgan fingerprint density at radius 1 is 0.812 bits per heavy atom. The molecule has 2 nitrogen and oxygen atoms in total. The van der Waals surface area contributed by atoms with E-state index in [1.165, 1.54) is 73.6 Å². The van der Waals surface area contributed by atoms with Crippen molar-refractivity contribution in [2.75, 3.05) is 7.11 Å². The summed E-state index contributed by atoms with van der Waals surface area (Å²) in [6, 6.07) is 0. The molecular weight excluding hydrogens is 392 g/mol. The van der Waals surface area contributed by atoms with E-state index in [0.29, 0.717) is 0 Å². The van der Waals surface area contributed by atoms with Crippen molar-refractivity contribution >= 4 is 0 Å². The summed E-state index contributed by atoms with van der Waals surface area (Å²) >= 11 is 0. The van der Waals surface area contributed by atoms with E-state index in [1.807, 2.05) is 0 Å². The largest absolute Gasteiger partial charge is 0.496 e. The first kappa shape index (κ1) is 27.1. The number of ether oxygens (including phenoxy) is 2. The monoisotopic (exact) mass is 444 g/mol. The van der Waals surface area contributed by atoms with Gasteiger partial charge in [0.1, 0.15) is 17.1 Å². The molecule has 1 heterocycles. The van der Waals surface area contributed by atoms with E-state index in [4.69, 9.17) is 9.47 Å². The molecule has 32 heavy (non-hydrogen) atoms. The zero-order valence-corrected chi connectivity index (χ0v) is 22.8. The van der Waals surface area contributed by atoms with E-state index in [0.717, 1.165) is 48.5 Å². The maximum Gasteiger partial charge on any atom is 0.127 e. The van der Waals surface area contributed by atoms with Gasteiger partial charge in [-0.05, 0) is 87.8 Å². The van der Waals surface area contributed by atoms with Gasteiger partial charge in [0.15, 0.2) is 0 Å². The highest BCUT2D eigenvalue weighted by molar-refractivity contribution is 5.58. The molecule has 2 rings (SSSR count). The fourth-order valence-corrected chi connectivity index (χ4v) is 5.57. The van der Waals surface area contributed by atoms with Crippen LogP contribution < -0.4 is 9.47 Å². The Bertz CT molecular complexity index is 720. The lowest BCUT2D eigenvalue weighted by molar-refractivity contribution is 0.0512. The number of methoxy groups -OCH3 is 1. The van der Waals surface area contributed by atoms with Gasteiger partial charge in [-0.15, -0.1) is 0 Å². The van der Waals surface area contributed by atoms with Crippen LogP contribution in [0.15, 0.2) is 0 Å². The molecule has 184 valence electrons. The molecule has 0 fully saturated rings. The number of fused-ring (bicyclic) bond motifs is 1. The molecule has 0 saturated carbocycles. The summed E-state index contributed by atoms with van der Waals surface area (Å²) in [6.45, 7) is 18.4. The van der Waals surface area contributed by atoms with Crippen LogP contribution in [0.2, 0.25) is 0 Å². The highest BCUT2D eigenvalue weighted by Crippen LogP contribution is 2.44. The molecule has 0 saturated heterocycles. The van der Waals surface area contributed by atoms with Gasteiger partial charge >= 0.3 is 0 Å². The maximum atomic E-state index is 6.70. The lowest BCUT2D eigenvalue weighted by Crippen LogP contribution is -2.37. The molecule has 0 bridgehead atoms. The maximum absolute atomic E-state index is 6.70. The average molecular weight is 445 g/mol. The fourth-order valence-electron chi connectivity index (χ4n) is 5.57. The number of hydrogen-bond acceptors (Lipinski definition) is 2. The zero-order chi connectivity index (χ0) is 23.9. The molecule has 0 radical (unpaired) electrons. The normalized spacial score (nSPS) is 20.1. The summed E-state index contributed by atoms with van der Waals surface area (Å²) in [7, 11) is 1.78. The number of benzene rings is 1. The van der Waals surface area contributed by atoms with Crippen LogP contribution >= 0.6 is 0 Å². The second-order valence-electron chi connectivity index (χ2n) is 11.6. The molecule has 2 heteroatoms. The smallest absolute Gasteiger partial charge is 0.127 e. The van der Waals surface area contributed by atoms with Crippen LogP contribution in [0, 0.1) is 38.5 Å². The van der Waals surface area contributed by atoms with E-state index in [2.05, 4.69) is 55.4 Å². The van der Waals surface area contributed by atoms with Crippen LogP contribution in [0.1, 0.15) is 121 Å². The number of rotatable bonds is 13. The Labute approximate surface area is 199 Å². The van der Waals surface area contributed by atoms with Crippen LogP contribution in [-0.2, 0) is 6.42 Å². The van der Waals surface area contributed by atoms with E-state index >= 15 is 0 Å². The Morgan fingerprint density at radius 2 is 1.38 bits per heavy atom. The summed E-state index contributed by atoms with van der Waals surface area (Å²) in [4.78, 5) is 0. The topological polar surface area (TPSA) is 18.5 Å². The highest BCUT2D eigenvalue weighted by Gasteiger charge is 2.34. The van der Waals surface area contributed by atoms with E-state index < -0.39 is 0 Å². The Morgan fingerprint density at radius 3 is 1.94 bits per heavy atom. The van der Waals surface area contributed by atoms with Crippen molar-refractivity contribution in [1.29, 1.82) is 0 Å². The molecule has 3 atom stereocenters. The van der Waals surface area contributed by atoms with Gasteiger partial charge in [-0.25, -0.2) is 0 Å². The predicted molar refractivity (Wildman–Crippen MR) is 139 cm³/mol. The van der Waals surface area contributed by atoms with Gasteiger partial charge in [-0.3, -0.25) is 0 Å². The lowest BCUT2D eigenvalue weighted by Gasteiger charge is -2.38. The fraction of sp³-hybridized carbons (Fsp3) is 0.800. The summed E-state index contributed by atoms with van der Waals surface area (Å²) in [6.07, 6.45) is 14.3. The Balaban J connectivity index is 1.77. The van der Waals surface area contributed by atoms with Crippen molar-refractivity contribution in [1.82, 2.24) is 0 Å². The molecule has 1 aromatic carbocycles. The minimum atomic E-state index is -0.0319. The van der Waals surface area contributed by atoms with Crippen molar-refractivity contribution in [3.8, 4) is 11.5 Å². The van der Waals surface area contributed by atoms with Gasteiger partial charge < -0.3 is 9.47 Å². The van der Waals surface area contributed by atoms with Crippen LogP contribution in [0.4, 0.5) is 0 Å². The molecule has 1 aliphatic rings. The van der Waals surface area contributed by atoms with Crippen molar-refractivity contribution in [2.45, 2.75) is 132 Å². The SMILES string of the molecule is COc1c(C)c(C)c2c(c1C)CC[C@](C)(CCC[C@H](C)CCC[C@H](C)CCCC(C)C)O2. The summed E-state index contributed by atoms with van der Waals surface area (Å²) in [5, 5.41) is 0. The Hall–Kier alpha value is -1.18. The first-order chi connectivity index (χ1) is 15.1. The Kier molecular flexibility index (Phi) is 10.4. The zero-order valence-electron chi connectivity index (χ0n) is 22.8. The molecule has 0 spiro atoms. The van der Waals surface area contributed by atoms with Gasteiger partial charge in [0, 0.05) is 5.56 Å². The van der Waals surface area contributed by atoms with Gasteiger partial charge in [0.25, 0.3) is 0 Å². The minimum absolute atomic E-state index is 0.0319. The third-order valence-corrected chi connectivity index (χ3v) is 8.04. The van der Waals surface area contributed by atoms with Crippen LogP contribution in [-0.4, -0.2) is 12.7 Å². The molecule has 0 amide bonds. The molecule has 0 aliphatic carbocycles. The van der Waals surface area contributed by atoms with Crippen LogP contribution in [0.25, 0.3) is 0 Å². The molecule has 1 aromatic rings. The molecule has 0 N–H and O–H groups in total. The van der Waals surface area contributed by atoms with Crippen molar-refractivity contribution in [3.63, 3.8) is 0 Å². The second-order valence-corrected chi connectivity index (χ2v) is 11.6. The molecular formula is C30H52O2. The lowest BCUT2D eigenvalue weighted by atomic mass is 9.83. The summed E-state index contributed by atoms with van der Waals surface area (Å²) < 4.78 is 12.4. The van der Waals surface area contributed by atoms with E-state index in [9.17, 15) is 0 Å². The quantitative estimate of drug-likeness (QED) is 0.302.